The maximum atomic E-state index is 13.6. The molecular formula is C30H33Cl2N3O6S. The number of esters is 2. The molecule has 1 amide bonds. The lowest BCUT2D eigenvalue weighted by Crippen LogP contribution is -2.41. The Balaban J connectivity index is 1.89. The van der Waals surface area contributed by atoms with Gasteiger partial charge in [-0.05, 0) is 50.3 Å². The molecule has 0 N–H and O–H groups in total. The standard InChI is InChI=1S/C30H33Cl2N3O6S/c1-34(2)18-13-14-35(16-18)24(36)15-22-26(29(37)40-3)28(25-20(31)11-8-12-21(25)32)27(30(38)41-4)23(33-22)17-42(39)19-9-6-5-7-10-19/h5-12,18,26,28H,13-17H2,1-4H3/t18-,26?,28+,42+/m1/s1. The van der Waals surface area contributed by atoms with E-state index in [4.69, 9.17) is 37.7 Å². The highest BCUT2D eigenvalue weighted by Crippen LogP contribution is 2.46. The first-order valence-corrected chi connectivity index (χ1v) is 15.4. The molecule has 224 valence electrons. The Morgan fingerprint density at radius 2 is 1.69 bits per heavy atom. The van der Waals surface area contributed by atoms with Gasteiger partial charge in [-0.1, -0.05) is 47.5 Å². The topological polar surface area (TPSA) is 106 Å². The van der Waals surface area contributed by atoms with E-state index in [2.05, 4.69) is 4.90 Å². The average Bonchev–Trinajstić information content (AvgIpc) is 3.48. The van der Waals surface area contributed by atoms with Crippen molar-refractivity contribution in [3.63, 3.8) is 0 Å². The van der Waals surface area contributed by atoms with Crippen molar-refractivity contribution in [1.82, 2.24) is 9.80 Å². The first-order chi connectivity index (χ1) is 20.1. The van der Waals surface area contributed by atoms with Crippen LogP contribution in [0.15, 0.2) is 69.7 Å². The van der Waals surface area contributed by atoms with Crippen LogP contribution in [0.25, 0.3) is 0 Å². The lowest BCUT2D eigenvalue weighted by Gasteiger charge is -2.34. The number of benzene rings is 2. The number of amides is 1. The molecule has 0 radical (unpaired) electrons. The van der Waals surface area contributed by atoms with E-state index in [1.165, 1.54) is 14.2 Å². The molecule has 1 saturated heterocycles. The van der Waals surface area contributed by atoms with Crippen LogP contribution in [0.3, 0.4) is 0 Å². The van der Waals surface area contributed by atoms with Crippen molar-refractivity contribution in [2.24, 2.45) is 10.9 Å². The molecule has 1 fully saturated rings. The van der Waals surface area contributed by atoms with Gasteiger partial charge in [0.15, 0.2) is 0 Å². The molecule has 4 atom stereocenters. The van der Waals surface area contributed by atoms with Crippen molar-refractivity contribution in [3.05, 3.63) is 75.4 Å². The van der Waals surface area contributed by atoms with E-state index in [9.17, 15) is 18.6 Å². The summed E-state index contributed by atoms with van der Waals surface area (Å²) in [5.41, 5.74) is 0.569. The van der Waals surface area contributed by atoms with Crippen molar-refractivity contribution in [2.75, 3.05) is 47.2 Å². The quantitative estimate of drug-likeness (QED) is 0.383. The van der Waals surface area contributed by atoms with Gasteiger partial charge in [-0.2, -0.15) is 0 Å². The number of rotatable bonds is 9. The molecule has 42 heavy (non-hydrogen) atoms. The molecule has 0 aliphatic carbocycles. The Labute approximate surface area is 257 Å². The zero-order valence-corrected chi connectivity index (χ0v) is 26.2. The first kappa shape index (κ1) is 31.9. The molecule has 0 spiro atoms. The second kappa shape index (κ2) is 13.9. The lowest BCUT2D eigenvalue weighted by molar-refractivity contribution is -0.143. The number of carbonyl (C=O) groups is 3. The molecule has 2 aromatic carbocycles. The Morgan fingerprint density at radius 1 is 1.02 bits per heavy atom. The SMILES string of the molecule is COC(=O)C1=C(C[S@](=O)c2ccccc2)N=C(CC(=O)N2CC[C@@H](N(C)C)C2)C(C(=O)OC)[C@@H]1c1c(Cl)cccc1Cl. The molecule has 0 saturated carbocycles. The van der Waals surface area contributed by atoms with Crippen LogP contribution in [0, 0.1) is 5.92 Å². The number of carbonyl (C=O) groups excluding carboxylic acids is 3. The number of hydrogen-bond acceptors (Lipinski definition) is 8. The maximum absolute atomic E-state index is 13.6. The molecule has 2 aliphatic rings. The summed E-state index contributed by atoms with van der Waals surface area (Å²) in [6, 6.07) is 13.8. The summed E-state index contributed by atoms with van der Waals surface area (Å²) >= 11 is 13.3. The van der Waals surface area contributed by atoms with Gasteiger partial charge in [0.25, 0.3) is 0 Å². The van der Waals surface area contributed by atoms with Crippen molar-refractivity contribution in [2.45, 2.75) is 29.7 Å². The minimum absolute atomic E-state index is 0.0165. The van der Waals surface area contributed by atoms with Crippen molar-refractivity contribution in [3.8, 4) is 0 Å². The number of likely N-dealkylation sites (tertiary alicyclic amines) is 1. The van der Waals surface area contributed by atoms with E-state index < -0.39 is 34.6 Å². The third-order valence-corrected chi connectivity index (χ3v) is 9.61. The Morgan fingerprint density at radius 3 is 2.26 bits per heavy atom. The van der Waals surface area contributed by atoms with Crippen LogP contribution in [0.1, 0.15) is 24.3 Å². The highest BCUT2D eigenvalue weighted by Gasteiger charge is 2.46. The summed E-state index contributed by atoms with van der Waals surface area (Å²) in [5, 5.41) is 0.402. The van der Waals surface area contributed by atoms with Crippen LogP contribution in [-0.2, 0) is 34.7 Å². The van der Waals surface area contributed by atoms with Crippen LogP contribution in [-0.4, -0.2) is 90.8 Å². The lowest BCUT2D eigenvalue weighted by atomic mass is 9.74. The molecule has 2 heterocycles. The zero-order chi connectivity index (χ0) is 30.6. The summed E-state index contributed by atoms with van der Waals surface area (Å²) in [4.78, 5) is 49.5. The summed E-state index contributed by atoms with van der Waals surface area (Å²) < 4.78 is 23.8. The van der Waals surface area contributed by atoms with Crippen LogP contribution >= 0.6 is 23.2 Å². The van der Waals surface area contributed by atoms with Gasteiger partial charge in [-0.25, -0.2) is 4.79 Å². The fourth-order valence-electron chi connectivity index (χ4n) is 5.41. The molecular weight excluding hydrogens is 601 g/mol. The normalized spacial score (nSPS) is 21.3. The molecule has 1 unspecified atom stereocenters. The number of likely N-dealkylation sites (N-methyl/N-ethyl adjacent to an activating group) is 1. The van der Waals surface area contributed by atoms with Gasteiger partial charge in [0.2, 0.25) is 5.91 Å². The molecule has 0 bridgehead atoms. The smallest absolute Gasteiger partial charge is 0.336 e. The predicted octanol–water partition coefficient (Wildman–Crippen LogP) is 4.11. The van der Waals surface area contributed by atoms with Crippen LogP contribution in [0.4, 0.5) is 0 Å². The van der Waals surface area contributed by atoms with Gasteiger partial charge in [-0.3, -0.25) is 18.8 Å². The number of halogens is 2. The van der Waals surface area contributed by atoms with Gasteiger partial charge in [0.1, 0.15) is 5.92 Å². The molecule has 4 rings (SSSR count). The van der Waals surface area contributed by atoms with Gasteiger partial charge in [0, 0.05) is 45.7 Å². The third-order valence-electron chi connectivity index (χ3n) is 7.62. The Hall–Kier alpha value is -3.05. The summed E-state index contributed by atoms with van der Waals surface area (Å²) in [7, 11) is 4.73. The van der Waals surface area contributed by atoms with Crippen molar-refractivity contribution >= 4 is 57.6 Å². The number of nitrogens with zero attached hydrogens (tertiary/aromatic N) is 3. The second-order valence-corrected chi connectivity index (χ2v) is 12.6. The molecule has 9 nitrogen and oxygen atoms in total. The summed E-state index contributed by atoms with van der Waals surface area (Å²) in [6.07, 6.45) is 0.603. The number of aliphatic imine (C=N–C) groups is 1. The highest BCUT2D eigenvalue weighted by molar-refractivity contribution is 7.85. The predicted molar refractivity (Wildman–Crippen MR) is 162 cm³/mol. The molecule has 2 aliphatic heterocycles. The van der Waals surface area contributed by atoms with E-state index >= 15 is 0 Å². The largest absolute Gasteiger partial charge is 0.468 e. The third kappa shape index (κ3) is 6.78. The van der Waals surface area contributed by atoms with Gasteiger partial charge < -0.3 is 19.3 Å². The molecule has 2 aromatic rings. The van der Waals surface area contributed by atoms with E-state index in [-0.39, 0.29) is 56.7 Å². The van der Waals surface area contributed by atoms with Crippen LogP contribution < -0.4 is 0 Å². The Kier molecular flexibility index (Phi) is 10.6. The molecule has 12 heteroatoms. The van der Waals surface area contributed by atoms with Gasteiger partial charge >= 0.3 is 11.9 Å². The number of methoxy groups -OCH3 is 2. The van der Waals surface area contributed by atoms with E-state index in [1.807, 2.05) is 14.1 Å². The monoisotopic (exact) mass is 633 g/mol. The summed E-state index contributed by atoms with van der Waals surface area (Å²) in [6.45, 7) is 1.10. The van der Waals surface area contributed by atoms with E-state index in [0.29, 0.717) is 18.0 Å². The zero-order valence-electron chi connectivity index (χ0n) is 23.8. The first-order valence-electron chi connectivity index (χ1n) is 13.4. The minimum atomic E-state index is -1.62. The van der Waals surface area contributed by atoms with Crippen molar-refractivity contribution < 1.29 is 28.1 Å². The highest BCUT2D eigenvalue weighted by atomic mass is 35.5. The van der Waals surface area contributed by atoms with E-state index in [1.54, 1.807) is 53.4 Å². The van der Waals surface area contributed by atoms with Gasteiger partial charge in [-0.15, -0.1) is 0 Å². The van der Waals surface area contributed by atoms with Crippen LogP contribution in [0.5, 0.6) is 0 Å². The average molecular weight is 635 g/mol. The van der Waals surface area contributed by atoms with E-state index in [0.717, 1.165) is 6.42 Å². The maximum Gasteiger partial charge on any atom is 0.336 e. The second-order valence-electron chi connectivity index (χ2n) is 10.3. The summed E-state index contributed by atoms with van der Waals surface area (Å²) in [5.74, 6) is -4.23. The number of ether oxygens (including phenoxy) is 2. The Bertz CT molecular complexity index is 1430. The molecule has 0 aromatic heterocycles. The minimum Gasteiger partial charge on any atom is -0.468 e. The van der Waals surface area contributed by atoms with Crippen LogP contribution in [0.2, 0.25) is 10.0 Å². The fraction of sp³-hybridized carbons (Fsp3) is 0.400. The van der Waals surface area contributed by atoms with Gasteiger partial charge in [0.05, 0.1) is 48.5 Å². The fourth-order valence-corrected chi connectivity index (χ4v) is 7.14. The van der Waals surface area contributed by atoms with Crippen molar-refractivity contribution in [1.29, 1.82) is 0 Å². The number of hydrogen-bond donors (Lipinski definition) is 0.